The summed E-state index contributed by atoms with van der Waals surface area (Å²) in [5.41, 5.74) is 0.497. The molecule has 0 aromatic heterocycles. The number of aliphatic hydroxyl groups is 1. The number of carbonyl (C=O) groups is 1. The van der Waals surface area contributed by atoms with Gasteiger partial charge in [0.2, 0.25) is 0 Å². The van der Waals surface area contributed by atoms with Gasteiger partial charge in [0, 0.05) is 31.3 Å². The molecule has 2 N–H and O–H groups in total. The van der Waals surface area contributed by atoms with E-state index >= 15 is 0 Å². The van der Waals surface area contributed by atoms with Gasteiger partial charge in [-0.2, -0.15) is 0 Å². The Morgan fingerprint density at radius 3 is 2.90 bits per heavy atom. The highest BCUT2D eigenvalue weighted by Crippen LogP contribution is 2.23. The number of carboxylic acids is 1. The summed E-state index contributed by atoms with van der Waals surface area (Å²) in [5, 5.41) is 18.5. The first kappa shape index (κ1) is 14.7. The predicted octanol–water partition coefficient (Wildman–Crippen LogP) is 1.88. The number of rotatable bonds is 4. The SMILES string of the molecule is CC1(O)CCN(Cc2ccc(F)c(/C=C/C(=O)O)c2)C1. The van der Waals surface area contributed by atoms with E-state index in [1.807, 2.05) is 0 Å². The number of halogens is 1. The number of aliphatic carboxylic acids is 1. The predicted molar refractivity (Wildman–Crippen MR) is 73.6 cm³/mol. The molecule has 5 heteroatoms. The highest BCUT2D eigenvalue weighted by molar-refractivity contribution is 5.85. The standard InChI is InChI=1S/C15H18FNO3/c1-15(20)6-7-17(10-15)9-11-2-4-13(16)12(8-11)3-5-14(18)19/h2-5,8,20H,6-7,9-10H2,1H3,(H,18,19)/b5-3+. The third kappa shape index (κ3) is 3.88. The Morgan fingerprint density at radius 1 is 1.55 bits per heavy atom. The van der Waals surface area contributed by atoms with Crippen molar-refractivity contribution < 1.29 is 19.4 Å². The second-order valence-electron chi connectivity index (χ2n) is 5.49. The minimum Gasteiger partial charge on any atom is -0.478 e. The molecule has 1 unspecified atom stereocenters. The topological polar surface area (TPSA) is 60.8 Å². The molecule has 0 spiro atoms. The maximum absolute atomic E-state index is 13.6. The minimum atomic E-state index is -1.11. The zero-order chi connectivity index (χ0) is 14.8. The molecule has 1 fully saturated rings. The summed E-state index contributed by atoms with van der Waals surface area (Å²) in [6.45, 7) is 3.80. The van der Waals surface area contributed by atoms with E-state index in [-0.39, 0.29) is 5.56 Å². The van der Waals surface area contributed by atoms with Crippen molar-refractivity contribution in [1.82, 2.24) is 4.90 Å². The van der Waals surface area contributed by atoms with E-state index in [4.69, 9.17) is 5.11 Å². The average Bonchev–Trinajstić information content (AvgIpc) is 2.69. The van der Waals surface area contributed by atoms with Gasteiger partial charge in [-0.3, -0.25) is 4.90 Å². The van der Waals surface area contributed by atoms with Gasteiger partial charge in [0.15, 0.2) is 0 Å². The van der Waals surface area contributed by atoms with Gasteiger partial charge in [-0.05, 0) is 37.1 Å². The second-order valence-corrected chi connectivity index (χ2v) is 5.49. The lowest BCUT2D eigenvalue weighted by molar-refractivity contribution is -0.131. The molecule has 1 aromatic rings. The van der Waals surface area contributed by atoms with Crippen molar-refractivity contribution >= 4 is 12.0 Å². The first-order chi connectivity index (χ1) is 9.35. The highest BCUT2D eigenvalue weighted by atomic mass is 19.1. The van der Waals surface area contributed by atoms with Crippen LogP contribution >= 0.6 is 0 Å². The van der Waals surface area contributed by atoms with Crippen molar-refractivity contribution in [3.8, 4) is 0 Å². The van der Waals surface area contributed by atoms with E-state index in [0.29, 0.717) is 13.1 Å². The summed E-state index contributed by atoms with van der Waals surface area (Å²) in [5.74, 6) is -1.55. The van der Waals surface area contributed by atoms with Gasteiger partial charge >= 0.3 is 5.97 Å². The summed E-state index contributed by atoms with van der Waals surface area (Å²) in [6, 6.07) is 4.66. The van der Waals surface area contributed by atoms with Crippen molar-refractivity contribution in [3.63, 3.8) is 0 Å². The largest absolute Gasteiger partial charge is 0.478 e. The number of nitrogens with zero attached hydrogens (tertiary/aromatic N) is 1. The molecule has 0 aliphatic carbocycles. The fraction of sp³-hybridized carbons (Fsp3) is 0.400. The van der Waals surface area contributed by atoms with Crippen LogP contribution in [0.3, 0.4) is 0 Å². The quantitative estimate of drug-likeness (QED) is 0.826. The van der Waals surface area contributed by atoms with Crippen molar-refractivity contribution in [2.24, 2.45) is 0 Å². The lowest BCUT2D eigenvalue weighted by Gasteiger charge is -2.19. The van der Waals surface area contributed by atoms with Crippen LogP contribution in [0, 0.1) is 5.82 Å². The van der Waals surface area contributed by atoms with Gasteiger partial charge in [-0.15, -0.1) is 0 Å². The molecule has 0 amide bonds. The van der Waals surface area contributed by atoms with Crippen LogP contribution in [0.2, 0.25) is 0 Å². The van der Waals surface area contributed by atoms with E-state index in [2.05, 4.69) is 4.90 Å². The third-order valence-corrected chi connectivity index (χ3v) is 3.40. The van der Waals surface area contributed by atoms with Gasteiger partial charge in [-0.25, -0.2) is 9.18 Å². The van der Waals surface area contributed by atoms with Gasteiger partial charge in [0.25, 0.3) is 0 Å². The second kappa shape index (κ2) is 5.73. The Morgan fingerprint density at radius 2 is 2.30 bits per heavy atom. The molecule has 2 rings (SSSR count). The zero-order valence-electron chi connectivity index (χ0n) is 11.3. The molecule has 0 bridgehead atoms. The molecule has 1 saturated heterocycles. The minimum absolute atomic E-state index is 0.260. The average molecular weight is 279 g/mol. The maximum atomic E-state index is 13.6. The van der Waals surface area contributed by atoms with Gasteiger partial charge in [0.05, 0.1) is 5.60 Å². The number of likely N-dealkylation sites (tertiary alicyclic amines) is 1. The molecular formula is C15H18FNO3. The fourth-order valence-corrected chi connectivity index (χ4v) is 2.41. The van der Waals surface area contributed by atoms with Crippen molar-refractivity contribution in [3.05, 3.63) is 41.2 Å². The number of hydrogen-bond donors (Lipinski definition) is 2. The van der Waals surface area contributed by atoms with E-state index in [9.17, 15) is 14.3 Å². The zero-order valence-corrected chi connectivity index (χ0v) is 11.3. The van der Waals surface area contributed by atoms with E-state index in [1.165, 1.54) is 12.1 Å². The van der Waals surface area contributed by atoms with Gasteiger partial charge in [0.1, 0.15) is 5.82 Å². The molecule has 20 heavy (non-hydrogen) atoms. The van der Waals surface area contributed by atoms with Crippen LogP contribution in [0.25, 0.3) is 6.08 Å². The Kier molecular flexibility index (Phi) is 4.20. The van der Waals surface area contributed by atoms with Crippen LogP contribution in [0.15, 0.2) is 24.3 Å². The smallest absolute Gasteiger partial charge is 0.328 e. The van der Waals surface area contributed by atoms with Crippen LogP contribution in [0.4, 0.5) is 4.39 Å². The molecule has 0 saturated carbocycles. The van der Waals surface area contributed by atoms with Crippen LogP contribution < -0.4 is 0 Å². The Balaban J connectivity index is 2.10. The summed E-state index contributed by atoms with van der Waals surface area (Å²) in [6.07, 6.45) is 2.89. The van der Waals surface area contributed by atoms with Crippen molar-refractivity contribution in [1.29, 1.82) is 0 Å². The summed E-state index contributed by atoms with van der Waals surface area (Å²) in [7, 11) is 0. The molecule has 4 nitrogen and oxygen atoms in total. The van der Waals surface area contributed by atoms with Gasteiger partial charge < -0.3 is 10.2 Å². The molecule has 108 valence electrons. The Hall–Kier alpha value is -1.72. The molecule has 1 aliphatic rings. The van der Waals surface area contributed by atoms with Gasteiger partial charge in [-0.1, -0.05) is 6.07 Å². The Labute approximate surface area is 117 Å². The third-order valence-electron chi connectivity index (χ3n) is 3.40. The van der Waals surface area contributed by atoms with E-state index in [0.717, 1.165) is 24.6 Å². The van der Waals surface area contributed by atoms with Crippen LogP contribution in [0.5, 0.6) is 0 Å². The number of β-amino-alcohol motifs (C(OH)–C–C–N with tert-alkyl or cyclic N) is 1. The number of benzene rings is 1. The lowest BCUT2D eigenvalue weighted by atomic mass is 10.1. The Bertz CT molecular complexity index is 540. The van der Waals surface area contributed by atoms with Crippen molar-refractivity contribution in [2.45, 2.75) is 25.5 Å². The number of carboxylic acid groups (broad SMARTS) is 1. The summed E-state index contributed by atoms with van der Waals surface area (Å²) >= 11 is 0. The summed E-state index contributed by atoms with van der Waals surface area (Å²) < 4.78 is 13.6. The maximum Gasteiger partial charge on any atom is 0.328 e. The molecule has 1 aliphatic heterocycles. The van der Waals surface area contributed by atoms with Crippen molar-refractivity contribution in [2.75, 3.05) is 13.1 Å². The normalized spacial score (nSPS) is 23.6. The molecule has 1 atom stereocenters. The fourth-order valence-electron chi connectivity index (χ4n) is 2.41. The summed E-state index contributed by atoms with van der Waals surface area (Å²) in [4.78, 5) is 12.6. The molecule has 1 heterocycles. The first-order valence-electron chi connectivity index (χ1n) is 6.50. The highest BCUT2D eigenvalue weighted by Gasteiger charge is 2.30. The van der Waals surface area contributed by atoms with Crippen LogP contribution in [-0.4, -0.2) is 39.8 Å². The van der Waals surface area contributed by atoms with E-state index < -0.39 is 17.4 Å². The number of hydrogen-bond acceptors (Lipinski definition) is 3. The first-order valence-corrected chi connectivity index (χ1v) is 6.50. The lowest BCUT2D eigenvalue weighted by Crippen LogP contribution is -2.29. The molecule has 0 radical (unpaired) electrons. The van der Waals surface area contributed by atoms with Crippen LogP contribution in [-0.2, 0) is 11.3 Å². The van der Waals surface area contributed by atoms with Crippen LogP contribution in [0.1, 0.15) is 24.5 Å². The monoisotopic (exact) mass is 279 g/mol. The molecule has 1 aromatic carbocycles. The molecular weight excluding hydrogens is 261 g/mol. The van der Waals surface area contributed by atoms with E-state index in [1.54, 1.807) is 19.1 Å².